The van der Waals surface area contributed by atoms with Crippen LogP contribution in [-0.2, 0) is 11.3 Å². The molecule has 0 aliphatic heterocycles. The number of carbonyl (C=O) groups excluding carboxylic acids is 1. The highest BCUT2D eigenvalue weighted by Gasteiger charge is 2.08. The Morgan fingerprint density at radius 2 is 2.07 bits per heavy atom. The second kappa shape index (κ2) is 7.73. The third kappa shape index (κ3) is 3.84. The maximum Gasteiger partial charge on any atom is 0.261 e. The molecule has 0 atom stereocenters. The first-order chi connectivity index (χ1) is 13.6. The quantitative estimate of drug-likeness (QED) is 0.516. The molecule has 0 unspecified atom stereocenters. The number of halogens is 1. The molecule has 4 rings (SSSR count). The van der Waals surface area contributed by atoms with Gasteiger partial charge in [0.1, 0.15) is 0 Å². The van der Waals surface area contributed by atoms with Crippen molar-refractivity contribution in [2.45, 2.75) is 13.0 Å². The standard InChI is InChI=1S/C19H15BrN6O2/c20-13-2-4-16-15(10-13)19(28)25(12-22-16)9-6-18(27)24-14-3-5-17(21-11-14)26-8-1-7-23-26/h1-5,7-8,10-12H,6,9H2,(H,24,27). The second-order valence-electron chi connectivity index (χ2n) is 6.06. The smallest absolute Gasteiger partial charge is 0.261 e. The number of hydrogen-bond acceptors (Lipinski definition) is 5. The fraction of sp³-hybridized carbons (Fsp3) is 0.105. The number of aromatic nitrogens is 5. The topological polar surface area (TPSA) is 94.7 Å². The van der Waals surface area contributed by atoms with Gasteiger partial charge in [-0.25, -0.2) is 14.6 Å². The highest BCUT2D eigenvalue weighted by Crippen LogP contribution is 2.15. The molecule has 0 fully saturated rings. The van der Waals surface area contributed by atoms with E-state index in [-0.39, 0.29) is 24.4 Å². The van der Waals surface area contributed by atoms with Crippen LogP contribution in [-0.4, -0.2) is 30.2 Å². The van der Waals surface area contributed by atoms with Gasteiger partial charge in [-0.2, -0.15) is 5.10 Å². The van der Waals surface area contributed by atoms with Crippen LogP contribution in [0.1, 0.15) is 6.42 Å². The second-order valence-corrected chi connectivity index (χ2v) is 6.97. The molecule has 9 heteroatoms. The zero-order valence-corrected chi connectivity index (χ0v) is 16.2. The van der Waals surface area contributed by atoms with Crippen LogP contribution in [0.5, 0.6) is 0 Å². The van der Waals surface area contributed by atoms with Gasteiger partial charge in [-0.1, -0.05) is 15.9 Å². The molecule has 0 bridgehead atoms. The molecule has 4 aromatic rings. The minimum absolute atomic E-state index is 0.141. The summed E-state index contributed by atoms with van der Waals surface area (Å²) < 4.78 is 3.87. The van der Waals surface area contributed by atoms with Crippen molar-refractivity contribution < 1.29 is 4.79 Å². The molecule has 3 aromatic heterocycles. The molecule has 0 radical (unpaired) electrons. The van der Waals surface area contributed by atoms with E-state index in [1.165, 1.54) is 10.9 Å². The summed E-state index contributed by atoms with van der Waals surface area (Å²) in [5.41, 5.74) is 1.02. The maximum absolute atomic E-state index is 12.6. The summed E-state index contributed by atoms with van der Waals surface area (Å²) in [6.07, 6.45) is 6.62. The molecule has 0 saturated heterocycles. The third-order valence-electron chi connectivity index (χ3n) is 4.14. The Morgan fingerprint density at radius 1 is 1.18 bits per heavy atom. The number of carbonyl (C=O) groups is 1. The molecule has 28 heavy (non-hydrogen) atoms. The first kappa shape index (κ1) is 18.1. The van der Waals surface area contributed by atoms with Gasteiger partial charge >= 0.3 is 0 Å². The average molecular weight is 439 g/mol. The summed E-state index contributed by atoms with van der Waals surface area (Å²) in [4.78, 5) is 33.3. The molecule has 1 amide bonds. The Labute approximate surface area is 168 Å². The number of hydrogen-bond donors (Lipinski definition) is 1. The summed E-state index contributed by atoms with van der Waals surface area (Å²) >= 11 is 3.36. The number of amides is 1. The zero-order valence-electron chi connectivity index (χ0n) is 14.6. The number of nitrogens with one attached hydrogen (secondary N) is 1. The van der Waals surface area contributed by atoms with E-state index in [0.29, 0.717) is 22.4 Å². The highest BCUT2D eigenvalue weighted by molar-refractivity contribution is 9.10. The summed E-state index contributed by atoms with van der Waals surface area (Å²) in [5.74, 6) is 0.442. The van der Waals surface area contributed by atoms with Crippen molar-refractivity contribution in [3.63, 3.8) is 0 Å². The predicted molar refractivity (Wildman–Crippen MR) is 108 cm³/mol. The molecule has 3 heterocycles. The Balaban J connectivity index is 1.41. The number of benzene rings is 1. The summed E-state index contributed by atoms with van der Waals surface area (Å²) in [7, 11) is 0. The van der Waals surface area contributed by atoms with Crippen LogP contribution in [0, 0.1) is 0 Å². The Bertz CT molecular complexity index is 1190. The van der Waals surface area contributed by atoms with E-state index in [1.807, 2.05) is 6.07 Å². The molecule has 8 nitrogen and oxygen atoms in total. The van der Waals surface area contributed by atoms with Crippen molar-refractivity contribution in [3.05, 3.63) is 76.1 Å². The molecule has 140 valence electrons. The van der Waals surface area contributed by atoms with E-state index in [9.17, 15) is 9.59 Å². The lowest BCUT2D eigenvalue weighted by Gasteiger charge is -2.08. The molecule has 0 spiro atoms. The summed E-state index contributed by atoms with van der Waals surface area (Å²) in [6, 6.07) is 10.7. The van der Waals surface area contributed by atoms with Crippen molar-refractivity contribution in [2.24, 2.45) is 0 Å². The highest BCUT2D eigenvalue weighted by atomic mass is 79.9. The molecule has 1 N–H and O–H groups in total. The monoisotopic (exact) mass is 438 g/mol. The fourth-order valence-corrected chi connectivity index (χ4v) is 3.10. The van der Waals surface area contributed by atoms with Crippen molar-refractivity contribution in [1.29, 1.82) is 0 Å². The minimum Gasteiger partial charge on any atom is -0.325 e. The lowest BCUT2D eigenvalue weighted by atomic mass is 10.2. The Morgan fingerprint density at radius 3 is 2.82 bits per heavy atom. The van der Waals surface area contributed by atoms with Gasteiger partial charge in [0, 0.05) is 29.8 Å². The van der Waals surface area contributed by atoms with Crippen LogP contribution in [0.3, 0.4) is 0 Å². The van der Waals surface area contributed by atoms with Gasteiger partial charge in [-0.3, -0.25) is 14.2 Å². The lowest BCUT2D eigenvalue weighted by molar-refractivity contribution is -0.116. The van der Waals surface area contributed by atoms with Gasteiger partial charge in [0.05, 0.1) is 29.1 Å². The number of nitrogens with zero attached hydrogens (tertiary/aromatic N) is 5. The van der Waals surface area contributed by atoms with Gasteiger partial charge in [-0.15, -0.1) is 0 Å². The van der Waals surface area contributed by atoms with E-state index in [2.05, 4.69) is 36.3 Å². The summed E-state index contributed by atoms with van der Waals surface area (Å²) in [5, 5.41) is 7.39. The molecule has 0 aliphatic rings. The van der Waals surface area contributed by atoms with Gasteiger partial charge in [0.25, 0.3) is 5.56 Å². The van der Waals surface area contributed by atoms with Crippen molar-refractivity contribution in [1.82, 2.24) is 24.3 Å². The van der Waals surface area contributed by atoms with E-state index >= 15 is 0 Å². The molecular formula is C19H15BrN6O2. The van der Waals surface area contributed by atoms with Crippen LogP contribution in [0.4, 0.5) is 5.69 Å². The average Bonchev–Trinajstić information content (AvgIpc) is 3.23. The lowest BCUT2D eigenvalue weighted by Crippen LogP contribution is -2.23. The number of aryl methyl sites for hydroxylation is 1. The van der Waals surface area contributed by atoms with Gasteiger partial charge in [0.2, 0.25) is 5.91 Å². The zero-order chi connectivity index (χ0) is 19.5. The molecule has 0 saturated carbocycles. The van der Waals surface area contributed by atoms with Gasteiger partial charge in [0.15, 0.2) is 5.82 Å². The van der Waals surface area contributed by atoms with Crippen LogP contribution >= 0.6 is 15.9 Å². The predicted octanol–water partition coefficient (Wildman–Crippen LogP) is 2.77. The molecule has 0 aliphatic carbocycles. The molecule has 1 aromatic carbocycles. The van der Waals surface area contributed by atoms with Crippen LogP contribution < -0.4 is 10.9 Å². The Kier molecular flexibility index (Phi) is 4.98. The van der Waals surface area contributed by atoms with E-state index in [0.717, 1.165) is 4.47 Å². The summed E-state index contributed by atoms with van der Waals surface area (Å²) in [6.45, 7) is 0.235. The van der Waals surface area contributed by atoms with E-state index < -0.39 is 0 Å². The molecular weight excluding hydrogens is 424 g/mol. The minimum atomic E-state index is -0.213. The first-order valence-electron chi connectivity index (χ1n) is 8.51. The normalized spacial score (nSPS) is 10.9. The van der Waals surface area contributed by atoms with E-state index in [1.54, 1.807) is 53.6 Å². The van der Waals surface area contributed by atoms with Gasteiger partial charge in [-0.05, 0) is 36.4 Å². The van der Waals surface area contributed by atoms with Crippen molar-refractivity contribution in [2.75, 3.05) is 5.32 Å². The van der Waals surface area contributed by atoms with Crippen LogP contribution in [0.2, 0.25) is 0 Å². The van der Waals surface area contributed by atoms with E-state index in [4.69, 9.17) is 0 Å². The van der Waals surface area contributed by atoms with Crippen molar-refractivity contribution in [3.8, 4) is 5.82 Å². The first-order valence-corrected chi connectivity index (χ1v) is 9.30. The Hall–Kier alpha value is -3.33. The van der Waals surface area contributed by atoms with Crippen LogP contribution in [0.25, 0.3) is 16.7 Å². The largest absolute Gasteiger partial charge is 0.325 e. The van der Waals surface area contributed by atoms with Crippen LogP contribution in [0.15, 0.2) is 70.6 Å². The number of fused-ring (bicyclic) bond motifs is 1. The SMILES string of the molecule is O=C(CCn1cnc2ccc(Br)cc2c1=O)Nc1ccc(-n2cccn2)nc1. The number of pyridine rings is 1. The van der Waals surface area contributed by atoms with Crippen molar-refractivity contribution >= 4 is 38.4 Å². The number of anilines is 1. The third-order valence-corrected chi connectivity index (χ3v) is 4.63. The maximum atomic E-state index is 12.6. The fourth-order valence-electron chi connectivity index (χ4n) is 2.74. The van der Waals surface area contributed by atoms with Gasteiger partial charge < -0.3 is 5.32 Å². The number of rotatable bonds is 5.